The number of rotatable bonds is 3. The van der Waals surface area contributed by atoms with Crippen LogP contribution < -0.4 is 10.6 Å². The van der Waals surface area contributed by atoms with Crippen LogP contribution in [-0.2, 0) is 4.79 Å². The Kier molecular flexibility index (Phi) is 3.11. The summed E-state index contributed by atoms with van der Waals surface area (Å²) >= 11 is 7.01. The Balaban J connectivity index is 2.14. The Morgan fingerprint density at radius 3 is 2.94 bits per heavy atom. The van der Waals surface area contributed by atoms with Gasteiger partial charge in [-0.05, 0) is 6.42 Å². The molecule has 1 aliphatic rings. The number of nitrogens with two attached hydrogens (primary N) is 1. The Hall–Kier alpha value is -1.14. The number of halogens is 1. The number of carbonyl (C=O) groups is 2. The van der Waals surface area contributed by atoms with Crippen molar-refractivity contribution in [3.63, 3.8) is 0 Å². The number of nitrogens with zero attached hydrogens (tertiary/aromatic N) is 2. The molecule has 1 unspecified atom stereocenters. The van der Waals surface area contributed by atoms with Gasteiger partial charge in [0.25, 0.3) is 0 Å². The average Bonchev–Trinajstić information content (AvgIpc) is 2.83. The first-order valence-corrected chi connectivity index (χ1v) is 5.97. The predicted octanol–water partition coefficient (Wildman–Crippen LogP) is 0.921. The molecule has 86 valence electrons. The third kappa shape index (κ3) is 2.03. The van der Waals surface area contributed by atoms with E-state index >= 15 is 0 Å². The zero-order chi connectivity index (χ0) is 11.7. The summed E-state index contributed by atoms with van der Waals surface area (Å²) in [5, 5.41) is 0.897. The maximum atomic E-state index is 11.0. The number of aldehydes is 1. The van der Waals surface area contributed by atoms with Crippen LogP contribution in [0, 0.1) is 5.92 Å². The first-order chi connectivity index (χ1) is 7.61. The summed E-state index contributed by atoms with van der Waals surface area (Å²) in [5.41, 5.74) is 5.23. The second kappa shape index (κ2) is 4.39. The largest absolute Gasteiger partial charge is 0.369 e. The Labute approximate surface area is 101 Å². The van der Waals surface area contributed by atoms with E-state index in [4.69, 9.17) is 17.3 Å². The molecule has 1 amide bonds. The van der Waals surface area contributed by atoms with Crippen molar-refractivity contribution in [2.75, 3.05) is 18.0 Å². The van der Waals surface area contributed by atoms with Gasteiger partial charge < -0.3 is 10.6 Å². The normalized spacial score (nSPS) is 20.1. The number of amides is 1. The summed E-state index contributed by atoms with van der Waals surface area (Å²) in [5.74, 6) is -0.428. The van der Waals surface area contributed by atoms with Crippen LogP contribution in [-0.4, -0.2) is 30.3 Å². The van der Waals surface area contributed by atoms with Gasteiger partial charge in [0.05, 0.1) is 5.92 Å². The number of carbonyl (C=O) groups excluding carboxylic acids is 2. The van der Waals surface area contributed by atoms with E-state index in [2.05, 4.69) is 4.98 Å². The molecule has 0 spiro atoms. The summed E-state index contributed by atoms with van der Waals surface area (Å²) in [7, 11) is 0. The van der Waals surface area contributed by atoms with Crippen LogP contribution in [0.2, 0.25) is 5.15 Å². The lowest BCUT2D eigenvalue weighted by Crippen LogP contribution is -2.27. The van der Waals surface area contributed by atoms with E-state index in [-0.39, 0.29) is 17.0 Å². The van der Waals surface area contributed by atoms with E-state index in [9.17, 15) is 9.59 Å². The first-order valence-electron chi connectivity index (χ1n) is 4.77. The minimum absolute atomic E-state index is 0.137. The number of primary amides is 1. The molecule has 16 heavy (non-hydrogen) atoms. The van der Waals surface area contributed by atoms with Crippen molar-refractivity contribution < 1.29 is 9.59 Å². The van der Waals surface area contributed by atoms with Crippen LogP contribution in [0.15, 0.2) is 0 Å². The van der Waals surface area contributed by atoms with Gasteiger partial charge >= 0.3 is 0 Å². The molecule has 0 radical (unpaired) electrons. The fraction of sp³-hybridized carbons (Fsp3) is 0.444. The third-order valence-corrected chi connectivity index (χ3v) is 4.01. The van der Waals surface area contributed by atoms with Crippen molar-refractivity contribution in [2.24, 2.45) is 11.7 Å². The van der Waals surface area contributed by atoms with E-state index in [1.54, 1.807) is 0 Å². The van der Waals surface area contributed by atoms with Crippen molar-refractivity contribution in [3.05, 3.63) is 10.0 Å². The Morgan fingerprint density at radius 2 is 2.44 bits per heavy atom. The summed E-state index contributed by atoms with van der Waals surface area (Å²) in [4.78, 5) is 28.1. The molecule has 1 aromatic rings. The number of hydrogen-bond acceptors (Lipinski definition) is 5. The molecular formula is C9H10ClN3O2S. The van der Waals surface area contributed by atoms with Crippen LogP contribution in [0.3, 0.4) is 0 Å². The summed E-state index contributed by atoms with van der Waals surface area (Å²) in [6.45, 7) is 1.27. The number of thiazole rings is 1. The number of anilines is 1. The summed E-state index contributed by atoms with van der Waals surface area (Å²) < 4.78 is 0. The molecule has 1 aliphatic heterocycles. The van der Waals surface area contributed by atoms with Gasteiger partial charge in [-0.2, -0.15) is 0 Å². The van der Waals surface area contributed by atoms with Gasteiger partial charge in [-0.25, -0.2) is 4.98 Å². The summed E-state index contributed by atoms with van der Waals surface area (Å²) in [6.07, 6.45) is 1.41. The van der Waals surface area contributed by atoms with Crippen LogP contribution in [0.4, 0.5) is 5.13 Å². The molecule has 0 aromatic carbocycles. The fourth-order valence-corrected chi connectivity index (χ4v) is 2.77. The third-order valence-electron chi connectivity index (χ3n) is 2.57. The number of aromatic nitrogens is 1. The van der Waals surface area contributed by atoms with E-state index in [1.807, 2.05) is 4.90 Å². The zero-order valence-corrected chi connectivity index (χ0v) is 9.92. The van der Waals surface area contributed by atoms with Gasteiger partial charge in [0.15, 0.2) is 16.6 Å². The molecule has 7 heteroatoms. The molecule has 2 N–H and O–H groups in total. The molecule has 1 aromatic heterocycles. The SMILES string of the molecule is NC(=O)C1CCN(c2nc(Cl)c(C=O)s2)C1. The van der Waals surface area contributed by atoms with Gasteiger partial charge in [-0.1, -0.05) is 22.9 Å². The highest BCUT2D eigenvalue weighted by Crippen LogP contribution is 2.31. The standard InChI is InChI=1S/C9H10ClN3O2S/c10-7-6(4-14)16-9(12-7)13-2-1-5(3-13)8(11)15/h4-5H,1-3H2,(H2,11,15). The van der Waals surface area contributed by atoms with Crippen LogP contribution >= 0.6 is 22.9 Å². The van der Waals surface area contributed by atoms with Gasteiger partial charge in [-0.3, -0.25) is 9.59 Å². The quantitative estimate of drug-likeness (QED) is 0.819. The van der Waals surface area contributed by atoms with Crippen LogP contribution in [0.1, 0.15) is 16.1 Å². The minimum Gasteiger partial charge on any atom is -0.369 e. The molecule has 1 atom stereocenters. The van der Waals surface area contributed by atoms with Gasteiger partial charge in [-0.15, -0.1) is 0 Å². The van der Waals surface area contributed by atoms with Crippen molar-refractivity contribution in [3.8, 4) is 0 Å². The smallest absolute Gasteiger partial charge is 0.222 e. The van der Waals surface area contributed by atoms with Crippen LogP contribution in [0.25, 0.3) is 0 Å². The zero-order valence-electron chi connectivity index (χ0n) is 8.35. The second-order valence-corrected chi connectivity index (χ2v) is 4.97. The lowest BCUT2D eigenvalue weighted by molar-refractivity contribution is -0.121. The fourth-order valence-electron chi connectivity index (χ4n) is 1.68. The lowest BCUT2D eigenvalue weighted by atomic mass is 10.1. The lowest BCUT2D eigenvalue weighted by Gasteiger charge is -2.13. The van der Waals surface area contributed by atoms with E-state index in [0.717, 1.165) is 13.0 Å². The van der Waals surface area contributed by atoms with Crippen molar-refractivity contribution >= 4 is 40.3 Å². The van der Waals surface area contributed by atoms with Crippen molar-refractivity contribution in [1.82, 2.24) is 4.98 Å². The second-order valence-electron chi connectivity index (χ2n) is 3.60. The molecule has 2 rings (SSSR count). The maximum Gasteiger partial charge on any atom is 0.222 e. The van der Waals surface area contributed by atoms with Crippen LogP contribution in [0.5, 0.6) is 0 Å². The molecule has 2 heterocycles. The maximum absolute atomic E-state index is 11.0. The molecular weight excluding hydrogens is 250 g/mol. The van der Waals surface area contributed by atoms with Gasteiger partial charge in [0, 0.05) is 13.1 Å². The summed E-state index contributed by atoms with van der Waals surface area (Å²) in [6, 6.07) is 0. The Bertz CT molecular complexity index is 434. The van der Waals surface area contributed by atoms with E-state index in [1.165, 1.54) is 11.3 Å². The van der Waals surface area contributed by atoms with E-state index < -0.39 is 0 Å². The highest BCUT2D eigenvalue weighted by Gasteiger charge is 2.28. The molecule has 1 saturated heterocycles. The highest BCUT2D eigenvalue weighted by molar-refractivity contribution is 7.17. The highest BCUT2D eigenvalue weighted by atomic mass is 35.5. The first kappa shape index (κ1) is 11.3. The van der Waals surface area contributed by atoms with Crippen molar-refractivity contribution in [1.29, 1.82) is 0 Å². The molecule has 5 nitrogen and oxygen atoms in total. The number of hydrogen-bond donors (Lipinski definition) is 1. The van der Waals surface area contributed by atoms with Crippen molar-refractivity contribution in [2.45, 2.75) is 6.42 Å². The molecule has 0 bridgehead atoms. The monoisotopic (exact) mass is 259 g/mol. The van der Waals surface area contributed by atoms with Gasteiger partial charge in [0.2, 0.25) is 5.91 Å². The topological polar surface area (TPSA) is 76.3 Å². The molecule has 0 saturated carbocycles. The van der Waals surface area contributed by atoms with Gasteiger partial charge in [0.1, 0.15) is 4.88 Å². The molecule has 0 aliphatic carbocycles. The Morgan fingerprint density at radius 1 is 1.69 bits per heavy atom. The minimum atomic E-state index is -0.291. The average molecular weight is 260 g/mol. The predicted molar refractivity (Wildman–Crippen MR) is 62.0 cm³/mol. The van der Waals surface area contributed by atoms with E-state index in [0.29, 0.717) is 22.8 Å². The molecule has 1 fully saturated rings.